The summed E-state index contributed by atoms with van der Waals surface area (Å²) in [7, 11) is 0. The molecule has 2 nitrogen and oxygen atoms in total. The van der Waals surface area contributed by atoms with Crippen molar-refractivity contribution in [1.29, 1.82) is 0 Å². The van der Waals surface area contributed by atoms with Crippen LogP contribution < -0.4 is 11.1 Å². The summed E-state index contributed by atoms with van der Waals surface area (Å²) in [6.45, 7) is 2.17. The number of nitrogen functional groups attached to an aromatic ring is 1. The molecule has 1 atom stereocenters. The number of anilines is 1. The van der Waals surface area contributed by atoms with Crippen LogP contribution in [0.25, 0.3) is 0 Å². The number of hydrogen-bond donors (Lipinski definition) is 2. The van der Waals surface area contributed by atoms with Gasteiger partial charge in [-0.15, -0.1) is 0 Å². The third-order valence-corrected chi connectivity index (χ3v) is 2.53. The molecule has 0 bridgehead atoms. The zero-order valence-corrected chi connectivity index (χ0v) is 7.96. The highest BCUT2D eigenvalue weighted by Crippen LogP contribution is 2.26. The largest absolute Gasteiger partial charge is 0.398 e. The number of nitrogens with one attached hydrogen (secondary N) is 1. The van der Waals surface area contributed by atoms with Crippen molar-refractivity contribution in [2.24, 2.45) is 0 Å². The molecule has 2 heteroatoms. The molecule has 2 rings (SSSR count). The molecular formula is C11H16N2. The van der Waals surface area contributed by atoms with Crippen LogP contribution >= 0.6 is 0 Å². The molecule has 1 fully saturated rings. The molecule has 0 saturated heterocycles. The summed E-state index contributed by atoms with van der Waals surface area (Å²) in [4.78, 5) is 0. The minimum absolute atomic E-state index is 0.383. The lowest BCUT2D eigenvalue weighted by molar-refractivity contribution is 0.572. The van der Waals surface area contributed by atoms with E-state index in [-0.39, 0.29) is 0 Å². The molecule has 0 amide bonds. The first-order valence-electron chi connectivity index (χ1n) is 4.88. The molecule has 1 saturated carbocycles. The summed E-state index contributed by atoms with van der Waals surface area (Å²) in [5, 5.41) is 3.53. The highest BCUT2D eigenvalue weighted by atomic mass is 15.0. The maximum atomic E-state index is 5.88. The maximum absolute atomic E-state index is 5.88. The second-order valence-corrected chi connectivity index (χ2v) is 3.79. The Bertz CT molecular complexity index is 292. The van der Waals surface area contributed by atoms with Gasteiger partial charge in [-0.25, -0.2) is 0 Å². The average Bonchev–Trinajstić information content (AvgIpc) is 2.89. The summed E-state index contributed by atoms with van der Waals surface area (Å²) in [6, 6.07) is 9.18. The molecule has 0 radical (unpaired) electrons. The van der Waals surface area contributed by atoms with Crippen LogP contribution in [0.4, 0.5) is 5.69 Å². The quantitative estimate of drug-likeness (QED) is 0.692. The molecule has 0 aliphatic heterocycles. The summed E-state index contributed by atoms with van der Waals surface area (Å²) >= 11 is 0. The second-order valence-electron chi connectivity index (χ2n) is 3.79. The highest BCUT2D eigenvalue weighted by molar-refractivity contribution is 5.47. The van der Waals surface area contributed by atoms with Gasteiger partial charge in [0.25, 0.3) is 0 Å². The Morgan fingerprint density at radius 3 is 2.69 bits per heavy atom. The smallest absolute Gasteiger partial charge is 0.0362 e. The van der Waals surface area contributed by atoms with Gasteiger partial charge in [0.1, 0.15) is 0 Å². The number of benzene rings is 1. The lowest BCUT2D eigenvalue weighted by Crippen LogP contribution is -2.21. The average molecular weight is 176 g/mol. The van der Waals surface area contributed by atoms with E-state index in [9.17, 15) is 0 Å². The predicted octanol–water partition coefficient (Wildman–Crippen LogP) is 2.08. The summed E-state index contributed by atoms with van der Waals surface area (Å²) < 4.78 is 0. The van der Waals surface area contributed by atoms with E-state index in [0.717, 1.165) is 11.7 Å². The Morgan fingerprint density at radius 2 is 2.08 bits per heavy atom. The number of para-hydroxylation sites is 1. The number of rotatable bonds is 3. The fourth-order valence-corrected chi connectivity index (χ4v) is 1.60. The van der Waals surface area contributed by atoms with Crippen LogP contribution in [0, 0.1) is 0 Å². The number of nitrogens with two attached hydrogens (primary N) is 1. The van der Waals surface area contributed by atoms with Crippen molar-refractivity contribution >= 4 is 5.69 Å². The molecule has 0 heterocycles. The summed E-state index contributed by atoms with van der Waals surface area (Å²) in [5.41, 5.74) is 7.99. The third-order valence-electron chi connectivity index (χ3n) is 2.53. The predicted molar refractivity (Wildman–Crippen MR) is 55.4 cm³/mol. The van der Waals surface area contributed by atoms with Crippen LogP contribution in [-0.4, -0.2) is 6.04 Å². The first-order valence-corrected chi connectivity index (χ1v) is 4.88. The van der Waals surface area contributed by atoms with Gasteiger partial charge >= 0.3 is 0 Å². The van der Waals surface area contributed by atoms with Gasteiger partial charge in [-0.2, -0.15) is 0 Å². The maximum Gasteiger partial charge on any atom is 0.0362 e. The van der Waals surface area contributed by atoms with E-state index in [2.05, 4.69) is 18.3 Å². The molecule has 70 valence electrons. The first kappa shape index (κ1) is 8.57. The fraction of sp³-hybridized carbons (Fsp3) is 0.455. The zero-order valence-electron chi connectivity index (χ0n) is 7.96. The van der Waals surface area contributed by atoms with Crippen LogP contribution in [0.2, 0.25) is 0 Å². The lowest BCUT2D eigenvalue weighted by Gasteiger charge is -2.15. The Hall–Kier alpha value is -1.02. The van der Waals surface area contributed by atoms with Gasteiger partial charge in [-0.05, 0) is 31.4 Å². The highest BCUT2D eigenvalue weighted by Gasteiger charge is 2.23. The van der Waals surface area contributed by atoms with Crippen LogP contribution in [0.1, 0.15) is 31.4 Å². The van der Waals surface area contributed by atoms with E-state index in [4.69, 9.17) is 5.73 Å². The van der Waals surface area contributed by atoms with E-state index in [1.54, 1.807) is 0 Å². The van der Waals surface area contributed by atoms with Crippen LogP contribution in [0.5, 0.6) is 0 Å². The molecule has 13 heavy (non-hydrogen) atoms. The fourth-order valence-electron chi connectivity index (χ4n) is 1.60. The topological polar surface area (TPSA) is 38.0 Å². The molecule has 1 aliphatic carbocycles. The third kappa shape index (κ3) is 2.01. The van der Waals surface area contributed by atoms with Crippen molar-refractivity contribution in [3.8, 4) is 0 Å². The van der Waals surface area contributed by atoms with Gasteiger partial charge < -0.3 is 11.1 Å². The molecule has 1 aromatic carbocycles. The molecule has 1 aliphatic rings. The normalized spacial score (nSPS) is 18.5. The van der Waals surface area contributed by atoms with Crippen molar-refractivity contribution in [1.82, 2.24) is 5.32 Å². The van der Waals surface area contributed by atoms with Gasteiger partial charge in [-0.1, -0.05) is 18.2 Å². The minimum Gasteiger partial charge on any atom is -0.398 e. The van der Waals surface area contributed by atoms with Crippen molar-refractivity contribution in [2.45, 2.75) is 31.8 Å². The Labute approximate surface area is 79.1 Å². The van der Waals surface area contributed by atoms with E-state index in [1.165, 1.54) is 18.4 Å². The first-order chi connectivity index (χ1) is 6.27. The SMILES string of the molecule is CC(NC1CC1)c1ccccc1N. The Balaban J connectivity index is 2.09. The van der Waals surface area contributed by atoms with E-state index in [0.29, 0.717) is 6.04 Å². The van der Waals surface area contributed by atoms with Gasteiger partial charge in [0.15, 0.2) is 0 Å². The van der Waals surface area contributed by atoms with Crippen LogP contribution in [0.15, 0.2) is 24.3 Å². The standard InChI is InChI=1S/C11H16N2/c1-8(13-9-6-7-9)10-4-2-3-5-11(10)12/h2-5,8-9,13H,6-7,12H2,1H3. The van der Waals surface area contributed by atoms with E-state index < -0.39 is 0 Å². The van der Waals surface area contributed by atoms with Gasteiger partial charge in [-0.3, -0.25) is 0 Å². The summed E-state index contributed by atoms with van der Waals surface area (Å²) in [5.74, 6) is 0. The van der Waals surface area contributed by atoms with Crippen molar-refractivity contribution in [2.75, 3.05) is 5.73 Å². The number of hydrogen-bond acceptors (Lipinski definition) is 2. The van der Waals surface area contributed by atoms with E-state index in [1.807, 2.05) is 18.2 Å². The van der Waals surface area contributed by atoms with Gasteiger partial charge in [0.2, 0.25) is 0 Å². The minimum atomic E-state index is 0.383. The van der Waals surface area contributed by atoms with Crippen molar-refractivity contribution in [3.05, 3.63) is 29.8 Å². The monoisotopic (exact) mass is 176 g/mol. The molecule has 3 N–H and O–H groups in total. The Kier molecular flexibility index (Phi) is 2.23. The van der Waals surface area contributed by atoms with Crippen LogP contribution in [-0.2, 0) is 0 Å². The molecule has 1 unspecified atom stereocenters. The summed E-state index contributed by atoms with van der Waals surface area (Å²) in [6.07, 6.45) is 2.63. The van der Waals surface area contributed by atoms with E-state index >= 15 is 0 Å². The van der Waals surface area contributed by atoms with Crippen LogP contribution in [0.3, 0.4) is 0 Å². The lowest BCUT2D eigenvalue weighted by atomic mass is 10.1. The molecular weight excluding hydrogens is 160 g/mol. The second kappa shape index (κ2) is 3.38. The molecule has 0 aromatic heterocycles. The van der Waals surface area contributed by atoms with Gasteiger partial charge in [0.05, 0.1) is 0 Å². The van der Waals surface area contributed by atoms with Gasteiger partial charge in [0, 0.05) is 17.8 Å². The van der Waals surface area contributed by atoms with Crippen molar-refractivity contribution < 1.29 is 0 Å². The Morgan fingerprint density at radius 1 is 1.38 bits per heavy atom. The zero-order chi connectivity index (χ0) is 9.26. The molecule has 1 aromatic rings. The molecule has 0 spiro atoms. The van der Waals surface area contributed by atoms with Crippen molar-refractivity contribution in [3.63, 3.8) is 0 Å².